The highest BCUT2D eigenvalue weighted by Gasteiger charge is 2.25. The predicted molar refractivity (Wildman–Crippen MR) is 197 cm³/mol. The van der Waals surface area contributed by atoms with Crippen LogP contribution in [0.2, 0.25) is 0 Å². The number of carboxylic acid groups (broad SMARTS) is 2. The molecule has 12 nitrogen and oxygen atoms in total. The number of aromatic nitrogens is 2. The molecule has 2 aliphatic carbocycles. The van der Waals surface area contributed by atoms with Gasteiger partial charge in [-0.2, -0.15) is 0 Å². The van der Waals surface area contributed by atoms with Gasteiger partial charge in [-0.1, -0.05) is 36.4 Å². The number of aliphatic hydroxyl groups is 2. The van der Waals surface area contributed by atoms with Crippen LogP contribution in [0.5, 0.6) is 11.5 Å². The number of carboxylic acids is 2. The Kier molecular flexibility index (Phi) is 11.4. The van der Waals surface area contributed by atoms with E-state index in [1.807, 2.05) is 12.1 Å². The highest BCUT2D eigenvalue weighted by atomic mass is 16.5. The third-order valence-electron chi connectivity index (χ3n) is 9.68. The van der Waals surface area contributed by atoms with E-state index in [0.717, 1.165) is 37.1 Å². The third-order valence-corrected chi connectivity index (χ3v) is 9.68. The van der Waals surface area contributed by atoms with Crippen molar-refractivity contribution in [2.24, 2.45) is 0 Å². The third kappa shape index (κ3) is 7.75. The first-order chi connectivity index (χ1) is 25.2. The Morgan fingerprint density at radius 1 is 0.692 bits per heavy atom. The molecule has 0 radical (unpaired) electrons. The number of aliphatic hydroxyl groups excluding tert-OH is 2. The van der Waals surface area contributed by atoms with Crippen molar-refractivity contribution < 1.29 is 39.5 Å². The Labute approximate surface area is 301 Å². The van der Waals surface area contributed by atoms with E-state index >= 15 is 0 Å². The molecule has 0 aliphatic heterocycles. The van der Waals surface area contributed by atoms with Crippen LogP contribution in [0.4, 0.5) is 0 Å². The average Bonchev–Trinajstić information content (AvgIpc) is 3.76. The molecule has 2 aliphatic rings. The summed E-state index contributed by atoms with van der Waals surface area (Å²) in [5.41, 5.74) is 12.7. The van der Waals surface area contributed by atoms with Crippen LogP contribution in [-0.4, -0.2) is 81.8 Å². The number of allylic oxidation sites excluding steroid dienone is 2. The number of hydrogen-bond donors (Lipinski definition) is 6. The number of rotatable bonds is 15. The summed E-state index contributed by atoms with van der Waals surface area (Å²) in [6, 6.07) is 14.5. The molecule has 0 saturated heterocycles. The van der Waals surface area contributed by atoms with Gasteiger partial charge in [0.2, 0.25) is 0 Å². The normalized spacial score (nSPS) is 16.1. The summed E-state index contributed by atoms with van der Waals surface area (Å²) in [6.07, 6.45) is 11.0. The molecule has 2 atom stereocenters. The highest BCUT2D eigenvalue weighted by Crippen LogP contribution is 2.44. The first kappa shape index (κ1) is 36.4. The van der Waals surface area contributed by atoms with Crippen molar-refractivity contribution in [3.8, 4) is 22.6 Å². The molecule has 0 amide bonds. The van der Waals surface area contributed by atoms with Gasteiger partial charge in [0.05, 0.1) is 38.8 Å². The van der Waals surface area contributed by atoms with Gasteiger partial charge in [0.15, 0.2) is 0 Å². The molecular formula is C40H42N4O8. The number of benzene rings is 2. The zero-order valence-corrected chi connectivity index (χ0v) is 29.1. The molecule has 52 heavy (non-hydrogen) atoms. The predicted octanol–water partition coefficient (Wildman–Crippen LogP) is 4.20. The molecule has 270 valence electrons. The maximum absolute atomic E-state index is 11.3. The summed E-state index contributed by atoms with van der Waals surface area (Å²) in [6.45, 7) is -0.666. The average molecular weight is 707 g/mol. The second-order valence-corrected chi connectivity index (χ2v) is 12.8. The quantitative estimate of drug-likeness (QED) is 0.104. The van der Waals surface area contributed by atoms with Crippen LogP contribution in [0.15, 0.2) is 60.9 Å². The summed E-state index contributed by atoms with van der Waals surface area (Å²) in [5.74, 6) is -1.09. The Morgan fingerprint density at radius 2 is 1.10 bits per heavy atom. The van der Waals surface area contributed by atoms with Gasteiger partial charge in [-0.05, 0) is 82.4 Å². The van der Waals surface area contributed by atoms with E-state index in [2.05, 4.69) is 69.2 Å². The Balaban J connectivity index is 1.24. The molecule has 6 N–H and O–H groups in total. The molecule has 2 aromatic heterocycles. The SMILES string of the molecule is COc1cc(/C=C2\CCc3c2cccc3-c2cccc3c2CC/C3=C\c2cc(OC)c(CN[C@@H](CO)C(=O)O)cn2)ncc1CN[C@@H](CO)C(=O)O. The molecular weight excluding hydrogens is 664 g/mol. The second kappa shape index (κ2) is 16.3. The van der Waals surface area contributed by atoms with Gasteiger partial charge in [0, 0.05) is 48.7 Å². The van der Waals surface area contributed by atoms with Crippen LogP contribution >= 0.6 is 0 Å². The number of pyridine rings is 2. The number of methoxy groups -OCH3 is 2. The maximum Gasteiger partial charge on any atom is 0.323 e. The largest absolute Gasteiger partial charge is 0.496 e. The molecule has 0 spiro atoms. The van der Waals surface area contributed by atoms with Gasteiger partial charge in [-0.3, -0.25) is 30.2 Å². The van der Waals surface area contributed by atoms with Crippen molar-refractivity contribution in [3.63, 3.8) is 0 Å². The van der Waals surface area contributed by atoms with Gasteiger partial charge >= 0.3 is 11.9 Å². The fourth-order valence-corrected chi connectivity index (χ4v) is 6.95. The van der Waals surface area contributed by atoms with Crippen molar-refractivity contribution in [2.75, 3.05) is 27.4 Å². The van der Waals surface area contributed by atoms with E-state index in [9.17, 15) is 30.0 Å². The van der Waals surface area contributed by atoms with Crippen LogP contribution in [0, 0.1) is 0 Å². The molecule has 12 heteroatoms. The van der Waals surface area contributed by atoms with Crippen LogP contribution in [-0.2, 0) is 35.5 Å². The Morgan fingerprint density at radius 3 is 1.46 bits per heavy atom. The second-order valence-electron chi connectivity index (χ2n) is 12.8. The summed E-state index contributed by atoms with van der Waals surface area (Å²) >= 11 is 0. The lowest BCUT2D eigenvalue weighted by atomic mass is 9.91. The lowest BCUT2D eigenvalue weighted by molar-refractivity contribution is -0.141. The molecule has 4 aromatic rings. The fraction of sp³-hybridized carbons (Fsp3) is 0.300. The highest BCUT2D eigenvalue weighted by molar-refractivity contribution is 5.92. The van der Waals surface area contributed by atoms with Gasteiger partial charge < -0.3 is 29.9 Å². The number of nitrogens with zero attached hydrogens (tertiary/aromatic N) is 2. The minimum absolute atomic E-state index is 0.187. The minimum Gasteiger partial charge on any atom is -0.496 e. The zero-order valence-electron chi connectivity index (χ0n) is 29.1. The number of aliphatic carboxylic acids is 2. The standard InChI is InChI=1S/C40H42N4O8/c1-51-37-15-27(41-17-25(37)19-43-35(21-45)39(47)48)13-23-9-11-33-29(23)5-3-7-31(33)32-8-4-6-30-24(10-12-34(30)32)14-28-16-38(52-2)26(18-42-28)20-44-36(22-46)40(49)50/h3-8,13-18,35-36,43-46H,9-12,19-22H2,1-2H3,(H,47,48)(H,49,50)/b23-13+,24-14+/t35-,36-/m0/s1. The van der Waals surface area contributed by atoms with E-state index in [0.29, 0.717) is 22.6 Å². The molecule has 0 unspecified atom stereocenters. The van der Waals surface area contributed by atoms with Crippen molar-refractivity contribution in [1.82, 2.24) is 20.6 Å². The van der Waals surface area contributed by atoms with Crippen LogP contribution in [0.25, 0.3) is 34.4 Å². The topological polar surface area (TPSA) is 183 Å². The maximum atomic E-state index is 11.3. The molecule has 0 bridgehead atoms. The first-order valence-electron chi connectivity index (χ1n) is 17.1. The first-order valence-corrected chi connectivity index (χ1v) is 17.1. The number of carbonyl (C=O) groups is 2. The number of nitrogens with one attached hydrogen (secondary N) is 2. The van der Waals surface area contributed by atoms with Gasteiger partial charge in [0.1, 0.15) is 23.6 Å². The van der Waals surface area contributed by atoms with Crippen molar-refractivity contribution in [1.29, 1.82) is 0 Å². The molecule has 2 aromatic carbocycles. The monoisotopic (exact) mass is 706 g/mol. The number of ether oxygens (including phenoxy) is 2. The number of fused-ring (bicyclic) bond motifs is 2. The molecule has 2 heterocycles. The molecule has 0 fully saturated rings. The zero-order chi connectivity index (χ0) is 36.8. The van der Waals surface area contributed by atoms with E-state index in [-0.39, 0.29) is 13.1 Å². The van der Waals surface area contributed by atoms with E-state index in [4.69, 9.17) is 9.47 Å². The van der Waals surface area contributed by atoms with Gasteiger partial charge in [-0.25, -0.2) is 0 Å². The minimum atomic E-state index is -1.13. The van der Waals surface area contributed by atoms with Crippen molar-refractivity contribution in [3.05, 3.63) is 106 Å². The van der Waals surface area contributed by atoms with Crippen LogP contribution in [0.3, 0.4) is 0 Å². The lowest BCUT2D eigenvalue weighted by Gasteiger charge is -2.14. The summed E-state index contributed by atoms with van der Waals surface area (Å²) < 4.78 is 11.2. The van der Waals surface area contributed by atoms with Gasteiger partial charge in [-0.15, -0.1) is 0 Å². The van der Waals surface area contributed by atoms with E-state index in [1.165, 1.54) is 44.5 Å². The fourth-order valence-electron chi connectivity index (χ4n) is 6.95. The summed E-state index contributed by atoms with van der Waals surface area (Å²) in [4.78, 5) is 31.8. The summed E-state index contributed by atoms with van der Waals surface area (Å²) in [7, 11) is 3.13. The number of hydrogen-bond acceptors (Lipinski definition) is 10. The van der Waals surface area contributed by atoms with Crippen LogP contribution < -0.4 is 20.1 Å². The van der Waals surface area contributed by atoms with Crippen molar-refractivity contribution in [2.45, 2.75) is 50.9 Å². The molecule has 6 rings (SSSR count). The van der Waals surface area contributed by atoms with E-state index < -0.39 is 37.2 Å². The van der Waals surface area contributed by atoms with Crippen LogP contribution in [0.1, 0.15) is 57.6 Å². The summed E-state index contributed by atoms with van der Waals surface area (Å²) in [5, 5.41) is 42.8. The smallest absolute Gasteiger partial charge is 0.323 e. The Hall–Kier alpha value is -5.40. The molecule has 0 saturated carbocycles. The lowest BCUT2D eigenvalue weighted by Crippen LogP contribution is -2.39. The van der Waals surface area contributed by atoms with Gasteiger partial charge in [0.25, 0.3) is 0 Å². The Bertz CT molecular complexity index is 1900. The van der Waals surface area contributed by atoms with Crippen molar-refractivity contribution >= 4 is 35.2 Å². The van der Waals surface area contributed by atoms with E-state index in [1.54, 1.807) is 26.6 Å².